The molecule has 0 fully saturated rings. The van der Waals surface area contributed by atoms with Crippen molar-refractivity contribution in [1.29, 1.82) is 0 Å². The molecule has 0 aliphatic rings. The molecular weight excluding hydrogens is 630 g/mol. The first-order valence-electron chi connectivity index (χ1n) is 16.2. The molecule has 0 unspecified atom stereocenters. The van der Waals surface area contributed by atoms with E-state index in [4.69, 9.17) is 26.1 Å². The van der Waals surface area contributed by atoms with Crippen LogP contribution in [0.2, 0.25) is 5.02 Å². The van der Waals surface area contributed by atoms with Crippen molar-refractivity contribution in [3.8, 4) is 0 Å². The first kappa shape index (κ1) is 33.4. The number of carbonyl (C=O) groups is 2. The third-order valence-electron chi connectivity index (χ3n) is 8.36. The number of esters is 2. The molecule has 6 aromatic rings. The average Bonchev–Trinajstić information content (AvgIpc) is 3.13. The number of halogens is 1. The third kappa shape index (κ3) is 8.50. The van der Waals surface area contributed by atoms with Crippen molar-refractivity contribution in [3.63, 3.8) is 0 Å². The van der Waals surface area contributed by atoms with Crippen molar-refractivity contribution in [2.45, 2.75) is 38.4 Å². The van der Waals surface area contributed by atoms with Crippen LogP contribution < -0.4 is 0 Å². The van der Waals surface area contributed by atoms with E-state index in [2.05, 4.69) is 0 Å². The van der Waals surface area contributed by atoms with Gasteiger partial charge >= 0.3 is 11.9 Å². The summed E-state index contributed by atoms with van der Waals surface area (Å²) in [5.74, 6) is -0.779. The third-order valence-corrected chi connectivity index (χ3v) is 8.60. The molecule has 49 heavy (non-hydrogen) atoms. The van der Waals surface area contributed by atoms with Crippen LogP contribution in [0.15, 0.2) is 140 Å². The van der Waals surface area contributed by atoms with Gasteiger partial charge in [0, 0.05) is 10.4 Å². The fraction of sp³-hybridized carbons (Fsp3) is 0.140. The normalized spacial score (nSPS) is 12.1. The Morgan fingerprint density at radius 3 is 2.16 bits per heavy atom. The van der Waals surface area contributed by atoms with Gasteiger partial charge in [0.2, 0.25) is 0 Å². The van der Waals surface area contributed by atoms with E-state index in [-0.39, 0.29) is 5.97 Å². The molecule has 6 rings (SSSR count). The lowest BCUT2D eigenvalue weighted by molar-refractivity contribution is -0.00372. The van der Waals surface area contributed by atoms with Crippen LogP contribution in [0.1, 0.15) is 75.0 Å². The highest BCUT2D eigenvalue weighted by Crippen LogP contribution is 2.33. The number of carbonyl (C=O) groups excluding carboxylic acids is 2. The van der Waals surface area contributed by atoms with Crippen molar-refractivity contribution < 1.29 is 19.1 Å². The van der Waals surface area contributed by atoms with E-state index in [0.29, 0.717) is 29.0 Å². The van der Waals surface area contributed by atoms with Gasteiger partial charge in [-0.15, -0.1) is 0 Å². The van der Waals surface area contributed by atoms with Crippen molar-refractivity contribution in [1.82, 2.24) is 4.98 Å². The second-order valence-electron chi connectivity index (χ2n) is 12.3. The minimum atomic E-state index is -0.896. The van der Waals surface area contributed by atoms with Crippen molar-refractivity contribution >= 4 is 46.6 Å². The Hall–Kier alpha value is -5.52. The molecule has 0 N–H and O–H groups in total. The summed E-state index contributed by atoms with van der Waals surface area (Å²) < 4.78 is 12.2. The topological polar surface area (TPSA) is 65.5 Å². The molecule has 5 nitrogen and oxygen atoms in total. The molecule has 0 aliphatic carbocycles. The predicted molar refractivity (Wildman–Crippen MR) is 196 cm³/mol. The van der Waals surface area contributed by atoms with E-state index in [0.717, 1.165) is 38.9 Å². The number of aryl methyl sites for hydroxylation is 1. The van der Waals surface area contributed by atoms with Gasteiger partial charge in [-0.25, -0.2) is 14.6 Å². The minimum absolute atomic E-state index is 0.386. The van der Waals surface area contributed by atoms with Gasteiger partial charge in [-0.2, -0.15) is 0 Å². The second-order valence-corrected chi connectivity index (χ2v) is 12.7. The average molecular weight is 666 g/mol. The largest absolute Gasteiger partial charge is 0.454 e. The highest BCUT2D eigenvalue weighted by Gasteiger charge is 2.29. The zero-order valence-electron chi connectivity index (χ0n) is 27.4. The molecule has 1 aromatic heterocycles. The quantitative estimate of drug-likeness (QED) is 0.129. The molecule has 244 valence electrons. The van der Waals surface area contributed by atoms with E-state index in [1.807, 2.05) is 141 Å². The molecule has 0 radical (unpaired) electrons. The summed E-state index contributed by atoms with van der Waals surface area (Å²) in [4.78, 5) is 31.1. The summed E-state index contributed by atoms with van der Waals surface area (Å²) in [7, 11) is 0. The number of hydrogen-bond acceptors (Lipinski definition) is 5. The number of nitrogens with zero attached hydrogens (tertiary/aromatic N) is 1. The van der Waals surface area contributed by atoms with Crippen molar-refractivity contribution in [3.05, 3.63) is 184 Å². The number of hydrogen-bond donors (Lipinski definition) is 0. The van der Waals surface area contributed by atoms with Gasteiger partial charge in [-0.05, 0) is 104 Å². The summed E-state index contributed by atoms with van der Waals surface area (Å²) in [5, 5.41) is 1.66. The van der Waals surface area contributed by atoms with Crippen LogP contribution in [0.4, 0.5) is 0 Å². The highest BCUT2D eigenvalue weighted by molar-refractivity contribution is 6.31. The molecule has 0 saturated heterocycles. The van der Waals surface area contributed by atoms with Gasteiger partial charge in [0.1, 0.15) is 11.7 Å². The maximum absolute atomic E-state index is 13.3. The lowest BCUT2D eigenvalue weighted by Gasteiger charge is -2.28. The summed E-state index contributed by atoms with van der Waals surface area (Å²) in [5.41, 5.74) is 5.44. The molecule has 5 aromatic carbocycles. The monoisotopic (exact) mass is 665 g/mol. The van der Waals surface area contributed by atoms with Gasteiger partial charge in [0.25, 0.3) is 0 Å². The van der Waals surface area contributed by atoms with Crippen LogP contribution in [0, 0.1) is 0 Å². The van der Waals surface area contributed by atoms with Crippen LogP contribution in [-0.2, 0) is 21.5 Å². The van der Waals surface area contributed by atoms with E-state index in [1.165, 1.54) is 0 Å². The van der Waals surface area contributed by atoms with Gasteiger partial charge in [-0.1, -0.05) is 109 Å². The van der Waals surface area contributed by atoms with E-state index >= 15 is 0 Å². The first-order valence-corrected chi connectivity index (χ1v) is 16.6. The molecule has 0 aliphatic heterocycles. The number of rotatable bonds is 11. The van der Waals surface area contributed by atoms with Gasteiger partial charge < -0.3 is 9.47 Å². The summed E-state index contributed by atoms with van der Waals surface area (Å²) in [6, 6.07) is 43.6. The Balaban J connectivity index is 1.25. The summed E-state index contributed by atoms with van der Waals surface area (Å²) in [6.45, 7) is 3.79. The van der Waals surface area contributed by atoms with Crippen LogP contribution in [-0.4, -0.2) is 16.9 Å². The number of fused-ring (bicyclic) bond motifs is 1. The Labute approximate surface area is 291 Å². The van der Waals surface area contributed by atoms with E-state index in [1.54, 1.807) is 24.3 Å². The fourth-order valence-electron chi connectivity index (χ4n) is 5.84. The Kier molecular flexibility index (Phi) is 10.3. The Morgan fingerprint density at radius 1 is 0.735 bits per heavy atom. The molecule has 6 heteroatoms. The first-order chi connectivity index (χ1) is 23.7. The van der Waals surface area contributed by atoms with Crippen LogP contribution in [0.5, 0.6) is 0 Å². The number of benzene rings is 5. The predicted octanol–water partition coefficient (Wildman–Crippen LogP) is 10.7. The maximum Gasteiger partial charge on any atom is 0.338 e. The zero-order valence-corrected chi connectivity index (χ0v) is 28.1. The second kappa shape index (κ2) is 15.1. The van der Waals surface area contributed by atoms with Gasteiger partial charge in [-0.3, -0.25) is 0 Å². The van der Waals surface area contributed by atoms with Crippen LogP contribution in [0.25, 0.3) is 23.1 Å². The lowest BCUT2D eigenvalue weighted by Crippen LogP contribution is -2.27. The maximum atomic E-state index is 13.3. The molecule has 1 heterocycles. The van der Waals surface area contributed by atoms with Gasteiger partial charge in [0.05, 0.1) is 22.3 Å². The fourth-order valence-corrected chi connectivity index (χ4v) is 6.01. The molecule has 1 atom stereocenters. The van der Waals surface area contributed by atoms with Crippen molar-refractivity contribution in [2.24, 2.45) is 0 Å². The van der Waals surface area contributed by atoms with Gasteiger partial charge in [0.15, 0.2) is 0 Å². The number of ether oxygens (including phenoxy) is 2. The number of aromatic nitrogens is 1. The Bertz CT molecular complexity index is 2110. The van der Waals surface area contributed by atoms with E-state index < -0.39 is 17.7 Å². The highest BCUT2D eigenvalue weighted by atomic mass is 35.5. The molecule has 0 bridgehead atoms. The Morgan fingerprint density at radius 2 is 1.41 bits per heavy atom. The van der Waals surface area contributed by atoms with Crippen LogP contribution >= 0.6 is 11.6 Å². The molecule has 0 spiro atoms. The van der Waals surface area contributed by atoms with E-state index in [9.17, 15) is 9.59 Å². The summed E-state index contributed by atoms with van der Waals surface area (Å²) in [6.07, 6.45) is 4.51. The molecule has 0 saturated carbocycles. The van der Waals surface area contributed by atoms with Crippen LogP contribution in [0.3, 0.4) is 0 Å². The number of pyridine rings is 1. The summed E-state index contributed by atoms with van der Waals surface area (Å²) >= 11 is 6.19. The molecular formula is C43H36ClNO4. The smallest absolute Gasteiger partial charge is 0.338 e. The van der Waals surface area contributed by atoms with Crippen molar-refractivity contribution in [2.75, 3.05) is 0 Å². The zero-order chi connectivity index (χ0) is 34.2. The standard InChI is InChI=1S/C43H36ClNO4/c1-43(2,49-42(47)34-16-7-4-8-17-34)38-19-10-9-13-31(38)23-27-40(48-41(46)33-14-5-3-6-15-33)35-18-11-12-30(28-35)20-25-37-26-22-32-21-24-36(44)29-39(32)45-37/h3-22,24-26,28-29,40H,23,27H2,1-2H3/b25-20+/t40-/m0/s1. The minimum Gasteiger partial charge on any atom is -0.454 e. The molecule has 0 amide bonds. The SMILES string of the molecule is CC(C)(OC(=O)c1ccccc1)c1ccccc1CC[C@H](OC(=O)c1ccccc1)c1cccc(/C=C/c2ccc3ccc(Cl)cc3n2)c1. The lowest BCUT2D eigenvalue weighted by atomic mass is 9.89.